The van der Waals surface area contributed by atoms with Gasteiger partial charge in [-0.3, -0.25) is 9.59 Å². The van der Waals surface area contributed by atoms with E-state index in [1.54, 1.807) is 0 Å². The van der Waals surface area contributed by atoms with E-state index in [0.29, 0.717) is 12.3 Å². The van der Waals surface area contributed by atoms with E-state index in [0.717, 1.165) is 32.2 Å². The van der Waals surface area contributed by atoms with Crippen molar-refractivity contribution in [1.82, 2.24) is 4.90 Å². The molecule has 0 aromatic carbocycles. The van der Waals surface area contributed by atoms with Gasteiger partial charge in [0.2, 0.25) is 5.91 Å². The highest BCUT2D eigenvalue weighted by molar-refractivity contribution is 5.82. The van der Waals surface area contributed by atoms with E-state index < -0.39 is 0 Å². The normalized spacial score (nSPS) is 32.1. The molecule has 0 N–H and O–H groups in total. The summed E-state index contributed by atoms with van der Waals surface area (Å²) in [5, 5.41) is 0. The van der Waals surface area contributed by atoms with Gasteiger partial charge >= 0.3 is 5.97 Å². The molecule has 0 bridgehead atoms. The van der Waals surface area contributed by atoms with Crippen LogP contribution in [0, 0.1) is 11.8 Å². The van der Waals surface area contributed by atoms with Gasteiger partial charge in [-0.15, -0.1) is 0 Å². The second-order valence-electron chi connectivity index (χ2n) is 5.28. The number of hydrogen-bond acceptors (Lipinski definition) is 3. The molecule has 3 unspecified atom stereocenters. The van der Waals surface area contributed by atoms with E-state index in [2.05, 4.69) is 6.92 Å². The van der Waals surface area contributed by atoms with Gasteiger partial charge in [-0.2, -0.15) is 0 Å². The first-order valence-corrected chi connectivity index (χ1v) is 6.50. The smallest absolute Gasteiger partial charge is 0.307 e. The molecular weight excluding hydrogens is 218 g/mol. The Hall–Kier alpha value is -1.06. The highest BCUT2D eigenvalue weighted by Crippen LogP contribution is 2.40. The fourth-order valence-electron chi connectivity index (χ4n) is 2.66. The third-order valence-electron chi connectivity index (χ3n) is 3.97. The van der Waals surface area contributed by atoms with E-state index in [9.17, 15) is 9.59 Å². The van der Waals surface area contributed by atoms with Crippen LogP contribution in [-0.4, -0.2) is 36.5 Å². The first-order valence-electron chi connectivity index (χ1n) is 6.50. The summed E-state index contributed by atoms with van der Waals surface area (Å²) in [5.74, 6) is 0.793. The number of amides is 1. The Morgan fingerprint density at radius 2 is 2.06 bits per heavy atom. The summed E-state index contributed by atoms with van der Waals surface area (Å²) < 4.78 is 4.70. The van der Waals surface area contributed by atoms with Crippen molar-refractivity contribution in [2.45, 2.75) is 45.1 Å². The molecule has 4 nitrogen and oxygen atoms in total. The summed E-state index contributed by atoms with van der Waals surface area (Å²) in [7, 11) is 1.40. The van der Waals surface area contributed by atoms with E-state index in [-0.39, 0.29) is 23.8 Å². The Kier molecular flexibility index (Phi) is 3.69. The molecule has 1 saturated heterocycles. The quantitative estimate of drug-likeness (QED) is 0.703. The van der Waals surface area contributed by atoms with Crippen molar-refractivity contribution in [3.05, 3.63) is 0 Å². The predicted octanol–water partition coefficient (Wildman–Crippen LogP) is 1.59. The van der Waals surface area contributed by atoms with Crippen LogP contribution < -0.4 is 0 Å². The third-order valence-corrected chi connectivity index (χ3v) is 3.97. The van der Waals surface area contributed by atoms with Crippen LogP contribution in [0.1, 0.15) is 39.0 Å². The van der Waals surface area contributed by atoms with E-state index in [4.69, 9.17) is 4.74 Å². The lowest BCUT2D eigenvalue weighted by Gasteiger charge is -2.35. The van der Waals surface area contributed by atoms with E-state index in [1.165, 1.54) is 7.11 Å². The summed E-state index contributed by atoms with van der Waals surface area (Å²) in [5.41, 5.74) is 0. The minimum absolute atomic E-state index is 0.0662. The van der Waals surface area contributed by atoms with Crippen molar-refractivity contribution in [1.29, 1.82) is 0 Å². The molecule has 2 aliphatic rings. The van der Waals surface area contributed by atoms with Gasteiger partial charge in [-0.1, -0.05) is 6.92 Å². The molecule has 0 radical (unpaired) electrons. The van der Waals surface area contributed by atoms with E-state index >= 15 is 0 Å². The Balaban J connectivity index is 1.96. The number of nitrogens with zero attached hydrogens (tertiary/aromatic N) is 1. The molecule has 17 heavy (non-hydrogen) atoms. The lowest BCUT2D eigenvalue weighted by atomic mass is 9.98. The molecular formula is C13H21NO3. The lowest BCUT2D eigenvalue weighted by Crippen LogP contribution is -2.45. The monoisotopic (exact) mass is 239 g/mol. The Morgan fingerprint density at radius 1 is 1.35 bits per heavy atom. The van der Waals surface area contributed by atoms with Gasteiger partial charge in [0, 0.05) is 18.5 Å². The standard InChI is InChI=1S/C13H21NO3/c1-9-7-11(9)13(16)14-6-4-3-5-10(14)8-12(15)17-2/h9-11H,3-8H2,1-2H3. The van der Waals surface area contributed by atoms with Crippen LogP contribution in [0.4, 0.5) is 0 Å². The van der Waals surface area contributed by atoms with Gasteiger partial charge < -0.3 is 9.64 Å². The summed E-state index contributed by atoms with van der Waals surface area (Å²) >= 11 is 0. The molecule has 1 aliphatic carbocycles. The maximum Gasteiger partial charge on any atom is 0.307 e. The van der Waals surface area contributed by atoms with Crippen LogP contribution in [0.2, 0.25) is 0 Å². The van der Waals surface area contributed by atoms with Gasteiger partial charge in [0.15, 0.2) is 0 Å². The summed E-state index contributed by atoms with van der Waals surface area (Å²) in [6.07, 6.45) is 4.46. The number of carbonyl (C=O) groups is 2. The van der Waals surface area contributed by atoms with Crippen LogP contribution >= 0.6 is 0 Å². The maximum absolute atomic E-state index is 12.2. The first-order chi connectivity index (χ1) is 8.13. The molecule has 96 valence electrons. The highest BCUT2D eigenvalue weighted by Gasteiger charge is 2.43. The van der Waals surface area contributed by atoms with Crippen molar-refractivity contribution >= 4 is 11.9 Å². The molecule has 1 heterocycles. The van der Waals surface area contributed by atoms with Crippen LogP contribution in [0.25, 0.3) is 0 Å². The zero-order chi connectivity index (χ0) is 12.4. The number of esters is 1. The van der Waals surface area contributed by atoms with Crippen LogP contribution in [0.5, 0.6) is 0 Å². The minimum Gasteiger partial charge on any atom is -0.469 e. The van der Waals surface area contributed by atoms with Crippen LogP contribution in [0.15, 0.2) is 0 Å². The molecule has 3 atom stereocenters. The van der Waals surface area contributed by atoms with Gasteiger partial charge in [0.1, 0.15) is 0 Å². The van der Waals surface area contributed by atoms with Crippen LogP contribution in [-0.2, 0) is 14.3 Å². The SMILES string of the molecule is COC(=O)CC1CCCCN1C(=O)C1CC1C. The number of rotatable bonds is 3. The third kappa shape index (κ3) is 2.79. The Labute approximate surface area is 102 Å². The molecule has 1 saturated carbocycles. The fraction of sp³-hybridized carbons (Fsp3) is 0.846. The average Bonchev–Trinajstić information content (AvgIpc) is 3.06. The molecule has 0 aromatic heterocycles. The highest BCUT2D eigenvalue weighted by atomic mass is 16.5. The van der Waals surface area contributed by atoms with Crippen molar-refractivity contribution < 1.29 is 14.3 Å². The van der Waals surface area contributed by atoms with E-state index in [1.807, 2.05) is 4.90 Å². The topological polar surface area (TPSA) is 46.6 Å². The molecule has 4 heteroatoms. The number of carbonyl (C=O) groups excluding carboxylic acids is 2. The van der Waals surface area contributed by atoms with Gasteiger partial charge in [-0.25, -0.2) is 0 Å². The average molecular weight is 239 g/mol. The predicted molar refractivity (Wildman–Crippen MR) is 63.3 cm³/mol. The second kappa shape index (κ2) is 5.07. The largest absolute Gasteiger partial charge is 0.469 e. The molecule has 2 fully saturated rings. The number of piperidine rings is 1. The molecule has 0 aromatic rings. The zero-order valence-electron chi connectivity index (χ0n) is 10.6. The maximum atomic E-state index is 12.2. The Bertz CT molecular complexity index is 316. The van der Waals surface area contributed by atoms with Crippen molar-refractivity contribution in [3.8, 4) is 0 Å². The van der Waals surface area contributed by atoms with Crippen molar-refractivity contribution in [2.75, 3.05) is 13.7 Å². The van der Waals surface area contributed by atoms with Gasteiger partial charge in [0.25, 0.3) is 0 Å². The summed E-state index contributed by atoms with van der Waals surface area (Å²) in [4.78, 5) is 25.5. The molecule has 1 aliphatic heterocycles. The minimum atomic E-state index is -0.210. The number of hydrogen-bond donors (Lipinski definition) is 0. The lowest BCUT2D eigenvalue weighted by molar-refractivity contribution is -0.145. The first kappa shape index (κ1) is 12.4. The second-order valence-corrected chi connectivity index (χ2v) is 5.28. The molecule has 2 rings (SSSR count). The zero-order valence-corrected chi connectivity index (χ0v) is 10.6. The fourth-order valence-corrected chi connectivity index (χ4v) is 2.66. The molecule has 0 spiro atoms. The summed E-state index contributed by atoms with van der Waals surface area (Å²) in [6.45, 7) is 2.92. The van der Waals surface area contributed by atoms with Gasteiger partial charge in [-0.05, 0) is 31.6 Å². The molecule has 1 amide bonds. The van der Waals surface area contributed by atoms with Gasteiger partial charge in [0.05, 0.1) is 13.5 Å². The van der Waals surface area contributed by atoms with Crippen molar-refractivity contribution in [3.63, 3.8) is 0 Å². The summed E-state index contributed by atoms with van der Waals surface area (Å²) in [6, 6.07) is 0.0662. The van der Waals surface area contributed by atoms with Crippen LogP contribution in [0.3, 0.4) is 0 Å². The Morgan fingerprint density at radius 3 is 2.65 bits per heavy atom. The number of methoxy groups -OCH3 is 1. The number of ether oxygens (including phenoxy) is 1. The van der Waals surface area contributed by atoms with Crippen molar-refractivity contribution in [2.24, 2.45) is 11.8 Å². The number of likely N-dealkylation sites (tertiary alicyclic amines) is 1.